The van der Waals surface area contributed by atoms with Crippen molar-refractivity contribution >= 4 is 11.9 Å². The maximum atomic E-state index is 12.1. The summed E-state index contributed by atoms with van der Waals surface area (Å²) in [4.78, 5) is 20.1. The molecule has 3 rings (SSSR count). The van der Waals surface area contributed by atoms with Crippen LogP contribution in [0.25, 0.3) is 0 Å². The number of nitrogens with one attached hydrogen (secondary N) is 1. The fraction of sp³-hybridized carbons (Fsp3) is 0.364. The summed E-state index contributed by atoms with van der Waals surface area (Å²) in [6.45, 7) is 1.69. The van der Waals surface area contributed by atoms with Crippen molar-refractivity contribution < 1.29 is 14.3 Å². The molecule has 0 bridgehead atoms. The SMILES string of the molecule is CN=C(NCCc1cccc(C(=O)N(C)C)c1)N(C)Cc1ccc2c(c1)OCO2. The summed E-state index contributed by atoms with van der Waals surface area (Å²) in [6.07, 6.45) is 0.797. The van der Waals surface area contributed by atoms with Gasteiger partial charge in [-0.1, -0.05) is 18.2 Å². The highest BCUT2D eigenvalue weighted by Crippen LogP contribution is 2.32. The molecule has 0 saturated heterocycles. The smallest absolute Gasteiger partial charge is 0.253 e. The Morgan fingerprint density at radius 3 is 2.62 bits per heavy atom. The van der Waals surface area contributed by atoms with Gasteiger partial charge in [0.1, 0.15) is 0 Å². The molecule has 0 fully saturated rings. The van der Waals surface area contributed by atoms with Crippen LogP contribution >= 0.6 is 0 Å². The van der Waals surface area contributed by atoms with Crippen LogP contribution in [0.4, 0.5) is 0 Å². The molecule has 29 heavy (non-hydrogen) atoms. The van der Waals surface area contributed by atoms with Crippen LogP contribution in [0.2, 0.25) is 0 Å². The average molecular weight is 396 g/mol. The maximum Gasteiger partial charge on any atom is 0.253 e. The van der Waals surface area contributed by atoms with Crippen molar-refractivity contribution in [1.29, 1.82) is 0 Å². The van der Waals surface area contributed by atoms with Gasteiger partial charge in [0.05, 0.1) is 0 Å². The predicted molar refractivity (Wildman–Crippen MR) is 114 cm³/mol. The quantitative estimate of drug-likeness (QED) is 0.600. The molecule has 154 valence electrons. The van der Waals surface area contributed by atoms with E-state index >= 15 is 0 Å². The minimum absolute atomic E-state index is 0.0130. The van der Waals surface area contributed by atoms with Gasteiger partial charge in [-0.2, -0.15) is 0 Å². The molecule has 1 aliphatic rings. The van der Waals surface area contributed by atoms with E-state index < -0.39 is 0 Å². The van der Waals surface area contributed by atoms with Gasteiger partial charge in [-0.3, -0.25) is 9.79 Å². The Balaban J connectivity index is 1.54. The van der Waals surface area contributed by atoms with Crippen LogP contribution < -0.4 is 14.8 Å². The van der Waals surface area contributed by atoms with Crippen LogP contribution in [0.5, 0.6) is 11.5 Å². The van der Waals surface area contributed by atoms with E-state index in [4.69, 9.17) is 9.47 Å². The van der Waals surface area contributed by atoms with E-state index in [9.17, 15) is 4.79 Å². The second-order valence-corrected chi connectivity index (χ2v) is 7.17. The zero-order valence-electron chi connectivity index (χ0n) is 17.4. The summed E-state index contributed by atoms with van der Waals surface area (Å²) in [5.41, 5.74) is 2.94. The Labute approximate surface area is 171 Å². The summed E-state index contributed by atoms with van der Waals surface area (Å²) in [5, 5.41) is 3.39. The third-order valence-corrected chi connectivity index (χ3v) is 4.71. The summed E-state index contributed by atoms with van der Waals surface area (Å²) < 4.78 is 10.8. The molecule has 1 heterocycles. The van der Waals surface area contributed by atoms with Gasteiger partial charge in [-0.05, 0) is 41.8 Å². The van der Waals surface area contributed by atoms with E-state index in [1.54, 1.807) is 26.0 Å². The Morgan fingerprint density at radius 1 is 1.07 bits per heavy atom. The number of hydrogen-bond acceptors (Lipinski definition) is 4. The molecule has 0 atom stereocenters. The maximum absolute atomic E-state index is 12.1. The lowest BCUT2D eigenvalue weighted by molar-refractivity contribution is 0.0827. The van der Waals surface area contributed by atoms with Crippen molar-refractivity contribution in [2.24, 2.45) is 4.99 Å². The second kappa shape index (κ2) is 9.32. The summed E-state index contributed by atoms with van der Waals surface area (Å²) in [6, 6.07) is 13.7. The minimum atomic E-state index is 0.0130. The molecule has 0 aromatic heterocycles. The van der Waals surface area contributed by atoms with Gasteiger partial charge >= 0.3 is 0 Å². The summed E-state index contributed by atoms with van der Waals surface area (Å²) in [7, 11) is 7.29. The van der Waals surface area contributed by atoms with Gasteiger partial charge in [-0.15, -0.1) is 0 Å². The first-order chi connectivity index (χ1) is 14.0. The molecule has 7 nitrogen and oxygen atoms in total. The van der Waals surface area contributed by atoms with Crippen molar-refractivity contribution in [2.45, 2.75) is 13.0 Å². The first-order valence-corrected chi connectivity index (χ1v) is 9.59. The number of rotatable bonds is 6. The molecule has 0 saturated carbocycles. The van der Waals surface area contributed by atoms with Crippen molar-refractivity contribution in [3.8, 4) is 11.5 Å². The number of carbonyl (C=O) groups is 1. The lowest BCUT2D eigenvalue weighted by atomic mass is 10.1. The topological polar surface area (TPSA) is 66.4 Å². The molecular weight excluding hydrogens is 368 g/mol. The number of fused-ring (bicyclic) bond motifs is 1. The minimum Gasteiger partial charge on any atom is -0.454 e. The van der Waals surface area contributed by atoms with Crippen molar-refractivity contribution in [3.05, 3.63) is 59.2 Å². The largest absolute Gasteiger partial charge is 0.454 e. The normalized spacial score (nSPS) is 12.6. The van der Waals surface area contributed by atoms with Crippen molar-refractivity contribution in [2.75, 3.05) is 41.5 Å². The van der Waals surface area contributed by atoms with Crippen molar-refractivity contribution in [1.82, 2.24) is 15.1 Å². The van der Waals surface area contributed by atoms with Crippen LogP contribution in [0.1, 0.15) is 21.5 Å². The average Bonchev–Trinajstić information content (AvgIpc) is 3.18. The van der Waals surface area contributed by atoms with Crippen molar-refractivity contribution in [3.63, 3.8) is 0 Å². The monoisotopic (exact) mass is 396 g/mol. The third kappa shape index (κ3) is 5.19. The van der Waals surface area contributed by atoms with Crippen LogP contribution in [-0.4, -0.2) is 63.2 Å². The Bertz CT molecular complexity index is 895. The van der Waals surface area contributed by atoms with E-state index in [1.165, 1.54) is 0 Å². The molecule has 1 aliphatic heterocycles. The number of hydrogen-bond donors (Lipinski definition) is 1. The molecule has 7 heteroatoms. The van der Waals surface area contributed by atoms with Gasteiger partial charge in [0.25, 0.3) is 5.91 Å². The van der Waals surface area contributed by atoms with Gasteiger partial charge in [0.2, 0.25) is 6.79 Å². The highest BCUT2D eigenvalue weighted by molar-refractivity contribution is 5.94. The standard InChI is InChI=1S/C22H28N4O3/c1-23-22(26(4)14-17-8-9-19-20(13-17)29-15-28-19)24-11-10-16-6-5-7-18(12-16)21(27)25(2)3/h5-9,12-13H,10-11,14-15H2,1-4H3,(H,23,24). The van der Waals surface area contributed by atoms with Crippen LogP contribution in [0.15, 0.2) is 47.5 Å². The molecule has 1 N–H and O–H groups in total. The highest BCUT2D eigenvalue weighted by atomic mass is 16.7. The van der Waals surface area contributed by atoms with Gasteiger partial charge < -0.3 is 24.6 Å². The van der Waals surface area contributed by atoms with Crippen LogP contribution in [0.3, 0.4) is 0 Å². The number of nitrogens with zero attached hydrogens (tertiary/aromatic N) is 3. The van der Waals surface area contributed by atoms with Gasteiger partial charge in [-0.25, -0.2) is 0 Å². The summed E-state index contributed by atoms with van der Waals surface area (Å²) >= 11 is 0. The Hall–Kier alpha value is -3.22. The predicted octanol–water partition coefficient (Wildman–Crippen LogP) is 2.37. The summed E-state index contributed by atoms with van der Waals surface area (Å²) in [5.74, 6) is 2.39. The highest BCUT2D eigenvalue weighted by Gasteiger charge is 2.15. The molecule has 0 radical (unpaired) electrons. The fourth-order valence-electron chi connectivity index (χ4n) is 3.21. The zero-order valence-corrected chi connectivity index (χ0v) is 17.4. The van der Waals surface area contributed by atoms with Crippen LogP contribution in [0, 0.1) is 0 Å². The Morgan fingerprint density at radius 2 is 1.86 bits per heavy atom. The first-order valence-electron chi connectivity index (χ1n) is 9.59. The molecule has 2 aromatic rings. The molecule has 0 unspecified atom stereocenters. The number of benzene rings is 2. The molecular formula is C22H28N4O3. The lowest BCUT2D eigenvalue weighted by Crippen LogP contribution is -2.39. The van der Waals surface area contributed by atoms with E-state index in [0.717, 1.165) is 41.6 Å². The molecule has 0 spiro atoms. The second-order valence-electron chi connectivity index (χ2n) is 7.17. The van der Waals surface area contributed by atoms with E-state index in [0.29, 0.717) is 12.1 Å². The number of aliphatic imine (C=N–C) groups is 1. The first kappa shape index (κ1) is 20.5. The molecule has 2 aromatic carbocycles. The molecule has 1 amide bonds. The fourth-order valence-corrected chi connectivity index (χ4v) is 3.21. The zero-order chi connectivity index (χ0) is 20.8. The van der Waals surface area contributed by atoms with Gasteiger partial charge in [0, 0.05) is 46.8 Å². The number of ether oxygens (including phenoxy) is 2. The van der Waals surface area contributed by atoms with E-state index in [1.807, 2.05) is 49.5 Å². The number of amides is 1. The Kier molecular flexibility index (Phi) is 6.59. The third-order valence-electron chi connectivity index (χ3n) is 4.71. The number of carbonyl (C=O) groups excluding carboxylic acids is 1. The lowest BCUT2D eigenvalue weighted by Gasteiger charge is -2.22. The van der Waals surface area contributed by atoms with E-state index in [2.05, 4.69) is 15.2 Å². The van der Waals surface area contributed by atoms with E-state index in [-0.39, 0.29) is 12.7 Å². The van der Waals surface area contributed by atoms with Gasteiger partial charge in [0.15, 0.2) is 17.5 Å². The molecule has 0 aliphatic carbocycles. The number of guanidine groups is 1. The van der Waals surface area contributed by atoms with Crippen LogP contribution in [-0.2, 0) is 13.0 Å².